The van der Waals surface area contributed by atoms with Crippen LogP contribution in [-0.4, -0.2) is 24.2 Å². The van der Waals surface area contributed by atoms with E-state index >= 15 is 0 Å². The Labute approximate surface area is 175 Å². The molecule has 0 saturated heterocycles. The van der Waals surface area contributed by atoms with Gasteiger partial charge in [-0.25, -0.2) is 4.21 Å². The highest BCUT2D eigenvalue weighted by Crippen LogP contribution is 2.56. The lowest BCUT2D eigenvalue weighted by Crippen LogP contribution is -2.15. The number of fused-ring (bicyclic) bond motifs is 2. The molecule has 4 nitrogen and oxygen atoms in total. The average Bonchev–Trinajstić information content (AvgIpc) is 3.04. The van der Waals surface area contributed by atoms with E-state index in [0.717, 1.165) is 11.1 Å². The zero-order valence-corrected chi connectivity index (χ0v) is 18.1. The largest absolute Gasteiger partial charge is 0.496 e. The summed E-state index contributed by atoms with van der Waals surface area (Å²) in [6.07, 6.45) is 0.636. The van der Waals surface area contributed by atoms with Gasteiger partial charge in [0.2, 0.25) is 5.78 Å². The summed E-state index contributed by atoms with van der Waals surface area (Å²) >= 11 is 12.4. The molecule has 2 aromatic rings. The molecular formula is C21H18Cl2O4S. The van der Waals surface area contributed by atoms with Crippen LogP contribution in [0.2, 0.25) is 10.0 Å². The van der Waals surface area contributed by atoms with Crippen molar-refractivity contribution < 1.29 is 18.5 Å². The molecule has 28 heavy (non-hydrogen) atoms. The summed E-state index contributed by atoms with van der Waals surface area (Å²) in [5, 5.41) is 0.562. The summed E-state index contributed by atoms with van der Waals surface area (Å²) in [6.45, 7) is 4.05. The summed E-state index contributed by atoms with van der Waals surface area (Å²) in [6, 6.07) is 6.71. The van der Waals surface area contributed by atoms with E-state index in [1.807, 2.05) is 19.9 Å². The third-order valence-corrected chi connectivity index (χ3v) is 7.28. The highest BCUT2D eigenvalue weighted by Gasteiger charge is 2.46. The molecule has 2 aromatic carbocycles. The number of halogens is 2. The molecule has 0 bridgehead atoms. The first-order valence-electron chi connectivity index (χ1n) is 8.65. The van der Waals surface area contributed by atoms with Crippen molar-refractivity contribution in [2.45, 2.75) is 25.2 Å². The Kier molecular flexibility index (Phi) is 4.60. The van der Waals surface area contributed by atoms with E-state index in [9.17, 15) is 9.00 Å². The molecule has 146 valence electrons. The summed E-state index contributed by atoms with van der Waals surface area (Å²) < 4.78 is 24.5. The second-order valence-electron chi connectivity index (χ2n) is 7.45. The maximum atomic E-state index is 13.4. The van der Waals surface area contributed by atoms with E-state index in [4.69, 9.17) is 32.7 Å². The van der Waals surface area contributed by atoms with Gasteiger partial charge in [-0.3, -0.25) is 4.79 Å². The van der Waals surface area contributed by atoms with E-state index in [0.29, 0.717) is 33.4 Å². The van der Waals surface area contributed by atoms with Crippen molar-refractivity contribution in [2.24, 2.45) is 5.41 Å². The Hall–Kier alpha value is -1.82. The lowest BCUT2D eigenvalue weighted by atomic mass is 9.83. The van der Waals surface area contributed by atoms with Crippen LogP contribution in [0, 0.1) is 5.41 Å². The van der Waals surface area contributed by atoms with Crippen LogP contribution in [0.15, 0.2) is 34.1 Å². The zero-order valence-electron chi connectivity index (χ0n) is 15.8. The van der Waals surface area contributed by atoms with Crippen molar-refractivity contribution in [1.82, 2.24) is 0 Å². The van der Waals surface area contributed by atoms with Crippen molar-refractivity contribution in [3.8, 4) is 11.5 Å². The molecule has 1 heterocycles. The molecule has 0 N–H and O–H groups in total. The molecule has 0 fully saturated rings. The minimum absolute atomic E-state index is 0.213. The zero-order chi connectivity index (χ0) is 20.4. The van der Waals surface area contributed by atoms with Gasteiger partial charge >= 0.3 is 0 Å². The van der Waals surface area contributed by atoms with E-state index in [1.54, 1.807) is 26.4 Å². The number of ether oxygens (including phenoxy) is 2. The summed E-state index contributed by atoms with van der Waals surface area (Å²) in [7, 11) is 1.50. The number of carbonyl (C=O) groups excluding carboxylic acids is 1. The molecule has 4 rings (SSSR count). The number of hydrogen-bond acceptors (Lipinski definition) is 4. The maximum absolute atomic E-state index is 13.4. The summed E-state index contributed by atoms with van der Waals surface area (Å²) in [5.41, 5.74) is 2.25. The Bertz CT molecular complexity index is 1100. The summed E-state index contributed by atoms with van der Waals surface area (Å²) in [5.74, 6) is 1.01. The van der Waals surface area contributed by atoms with Crippen molar-refractivity contribution in [2.75, 3.05) is 14.2 Å². The highest BCUT2D eigenvalue weighted by atomic mass is 35.5. The number of rotatable bonds is 2. The Morgan fingerprint density at radius 1 is 1.04 bits per heavy atom. The fourth-order valence-corrected chi connectivity index (χ4v) is 6.51. The first-order chi connectivity index (χ1) is 13.2. The van der Waals surface area contributed by atoms with Crippen LogP contribution in [-0.2, 0) is 17.2 Å². The van der Waals surface area contributed by atoms with Crippen molar-refractivity contribution in [3.63, 3.8) is 0 Å². The van der Waals surface area contributed by atoms with Gasteiger partial charge in [0, 0.05) is 16.1 Å². The molecule has 1 atom stereocenters. The fourth-order valence-electron chi connectivity index (χ4n) is 4.14. The quantitative estimate of drug-likeness (QED) is 0.598. The lowest BCUT2D eigenvalue weighted by molar-refractivity contribution is 0.104. The fraction of sp³-hybridized carbons (Fsp3) is 0.286. The van der Waals surface area contributed by atoms with E-state index < -0.39 is 16.2 Å². The van der Waals surface area contributed by atoms with Crippen LogP contribution >= 0.6 is 23.2 Å². The molecule has 7 heteroatoms. The normalized spacial score (nSPS) is 22.2. The lowest BCUT2D eigenvalue weighted by Gasteiger charge is -2.22. The number of carbonyl (C=O) groups is 1. The standard InChI is InChI=1S/C21H18Cl2O4S/c1-21(2)9-11-13(26-3)5-6-14(27-4)16(11)18(21)20-19(24)17-12(23)7-10(22)8-15(17)28(20)25/h5-8H,9H2,1-4H3/b20-18+/t28-/m1/s1. The van der Waals surface area contributed by atoms with Crippen molar-refractivity contribution >= 4 is 45.4 Å². The topological polar surface area (TPSA) is 52.6 Å². The number of Topliss-reactive ketones (excluding diaryl/α,β-unsaturated/α-hetero) is 1. The predicted octanol–water partition coefficient (Wildman–Crippen LogP) is 5.31. The van der Waals surface area contributed by atoms with Gasteiger partial charge in [-0.1, -0.05) is 37.0 Å². The third-order valence-electron chi connectivity index (χ3n) is 5.28. The SMILES string of the molecule is COc1ccc(OC)c2c1CC(C)(C)/C2=C1\C(=O)c2c(Cl)cc(Cl)cc2[S@]1=O. The van der Waals surface area contributed by atoms with Gasteiger partial charge in [0.05, 0.1) is 45.4 Å². The Morgan fingerprint density at radius 2 is 1.68 bits per heavy atom. The van der Waals surface area contributed by atoms with Crippen LogP contribution in [0.5, 0.6) is 11.5 Å². The first kappa shape index (κ1) is 19.5. The minimum Gasteiger partial charge on any atom is -0.496 e. The smallest absolute Gasteiger partial charge is 0.205 e. The molecule has 0 amide bonds. The van der Waals surface area contributed by atoms with Crippen LogP contribution in [0.4, 0.5) is 0 Å². The van der Waals surface area contributed by atoms with Gasteiger partial charge < -0.3 is 9.47 Å². The van der Waals surface area contributed by atoms with Crippen LogP contribution < -0.4 is 9.47 Å². The Balaban J connectivity index is 2.08. The third kappa shape index (κ3) is 2.64. The maximum Gasteiger partial charge on any atom is 0.205 e. The van der Waals surface area contributed by atoms with Gasteiger partial charge in [0.25, 0.3) is 0 Å². The van der Waals surface area contributed by atoms with E-state index in [2.05, 4.69) is 0 Å². The van der Waals surface area contributed by atoms with Gasteiger partial charge in [-0.05, 0) is 41.7 Å². The second-order valence-corrected chi connectivity index (χ2v) is 9.68. The average molecular weight is 437 g/mol. The molecule has 0 radical (unpaired) electrons. The molecular weight excluding hydrogens is 419 g/mol. The van der Waals surface area contributed by atoms with Crippen LogP contribution in [0.3, 0.4) is 0 Å². The van der Waals surface area contributed by atoms with Gasteiger partial charge in [0.15, 0.2) is 0 Å². The van der Waals surface area contributed by atoms with Crippen LogP contribution in [0.25, 0.3) is 5.57 Å². The minimum atomic E-state index is -1.68. The molecule has 1 aliphatic heterocycles. The van der Waals surface area contributed by atoms with Gasteiger partial charge in [-0.15, -0.1) is 0 Å². The summed E-state index contributed by atoms with van der Waals surface area (Å²) in [4.78, 5) is 13.9. The second kappa shape index (κ2) is 6.61. The van der Waals surface area contributed by atoms with E-state index in [1.165, 1.54) is 6.07 Å². The molecule has 0 aromatic heterocycles. The van der Waals surface area contributed by atoms with Crippen molar-refractivity contribution in [1.29, 1.82) is 0 Å². The number of benzene rings is 2. The number of hydrogen-bond donors (Lipinski definition) is 0. The van der Waals surface area contributed by atoms with E-state index in [-0.39, 0.29) is 21.3 Å². The number of methoxy groups -OCH3 is 2. The number of ketones is 1. The molecule has 0 spiro atoms. The number of allylic oxidation sites excluding steroid dienone is 2. The predicted molar refractivity (Wildman–Crippen MR) is 111 cm³/mol. The monoisotopic (exact) mass is 436 g/mol. The van der Waals surface area contributed by atoms with Crippen LogP contribution in [0.1, 0.15) is 35.3 Å². The molecule has 0 unspecified atom stereocenters. The van der Waals surface area contributed by atoms with Gasteiger partial charge in [0.1, 0.15) is 11.5 Å². The molecule has 0 saturated carbocycles. The molecule has 2 aliphatic rings. The molecule has 1 aliphatic carbocycles. The van der Waals surface area contributed by atoms with Gasteiger partial charge in [-0.2, -0.15) is 0 Å². The Morgan fingerprint density at radius 3 is 2.32 bits per heavy atom. The van der Waals surface area contributed by atoms with Crippen molar-refractivity contribution in [3.05, 3.63) is 55.9 Å². The first-order valence-corrected chi connectivity index (χ1v) is 10.6. The highest BCUT2D eigenvalue weighted by molar-refractivity contribution is 7.91.